The fourth-order valence-electron chi connectivity index (χ4n) is 3.60. The van der Waals surface area contributed by atoms with Crippen LogP contribution < -0.4 is 5.32 Å². The van der Waals surface area contributed by atoms with E-state index < -0.39 is 0 Å². The summed E-state index contributed by atoms with van der Waals surface area (Å²) in [5.41, 5.74) is 4.23. The van der Waals surface area contributed by atoms with E-state index in [9.17, 15) is 4.79 Å². The fourth-order valence-corrected chi connectivity index (χ4v) is 3.72. The molecule has 0 unspecified atom stereocenters. The number of aromatic nitrogens is 1. The van der Waals surface area contributed by atoms with Gasteiger partial charge in [0.05, 0.1) is 30.0 Å². The van der Waals surface area contributed by atoms with Crippen LogP contribution in [0.1, 0.15) is 15.9 Å². The van der Waals surface area contributed by atoms with E-state index in [0.29, 0.717) is 17.1 Å². The zero-order chi connectivity index (χ0) is 20.2. The van der Waals surface area contributed by atoms with Crippen molar-refractivity contribution in [2.45, 2.75) is 6.92 Å². The van der Waals surface area contributed by atoms with Crippen LogP contribution in [-0.2, 0) is 4.74 Å². The average molecular weight is 410 g/mol. The maximum absolute atomic E-state index is 13.0. The molecule has 1 amide bonds. The molecule has 2 heterocycles. The van der Waals surface area contributed by atoms with Gasteiger partial charge in [-0.15, -0.1) is 0 Å². The standard InChI is InChI=1S/C23H24ClN3O2/c1-16-3-2-4-19-20(23(28)25-9-10-27-11-13-29-14-12-27)15-21(26-22(16)19)17-5-7-18(24)8-6-17/h2-8,15H,9-14H2,1H3,(H,25,28). The number of carbonyl (C=O) groups is 1. The second kappa shape index (κ2) is 8.91. The average Bonchev–Trinajstić information content (AvgIpc) is 2.75. The lowest BCUT2D eigenvalue weighted by molar-refractivity contribution is 0.0383. The van der Waals surface area contributed by atoms with E-state index >= 15 is 0 Å². The van der Waals surface area contributed by atoms with Gasteiger partial charge in [0.1, 0.15) is 0 Å². The minimum Gasteiger partial charge on any atom is -0.379 e. The van der Waals surface area contributed by atoms with Gasteiger partial charge in [0.15, 0.2) is 0 Å². The predicted molar refractivity (Wildman–Crippen MR) is 117 cm³/mol. The molecule has 0 radical (unpaired) electrons. The Morgan fingerprint density at radius 3 is 2.69 bits per heavy atom. The van der Waals surface area contributed by atoms with Crippen molar-refractivity contribution in [1.29, 1.82) is 0 Å². The smallest absolute Gasteiger partial charge is 0.252 e. The number of aryl methyl sites for hydroxylation is 1. The van der Waals surface area contributed by atoms with E-state index in [-0.39, 0.29) is 5.91 Å². The molecule has 0 saturated carbocycles. The molecule has 0 spiro atoms. The molecule has 0 atom stereocenters. The van der Waals surface area contributed by atoms with Crippen LogP contribution in [0.5, 0.6) is 0 Å². The zero-order valence-electron chi connectivity index (χ0n) is 16.5. The molecule has 29 heavy (non-hydrogen) atoms. The number of hydrogen-bond donors (Lipinski definition) is 1. The molecule has 5 nitrogen and oxygen atoms in total. The highest BCUT2D eigenvalue weighted by Gasteiger charge is 2.16. The van der Waals surface area contributed by atoms with Gasteiger partial charge in [-0.25, -0.2) is 4.98 Å². The molecule has 1 aromatic heterocycles. The van der Waals surface area contributed by atoms with E-state index in [1.54, 1.807) is 0 Å². The Morgan fingerprint density at radius 2 is 1.93 bits per heavy atom. The Bertz CT molecular complexity index is 1010. The lowest BCUT2D eigenvalue weighted by Crippen LogP contribution is -2.41. The zero-order valence-corrected chi connectivity index (χ0v) is 17.2. The van der Waals surface area contributed by atoms with Crippen LogP contribution in [0, 0.1) is 6.92 Å². The quantitative estimate of drug-likeness (QED) is 0.693. The number of hydrogen-bond acceptors (Lipinski definition) is 4. The number of para-hydroxylation sites is 1. The molecule has 0 aliphatic carbocycles. The molecule has 3 aromatic rings. The Morgan fingerprint density at radius 1 is 1.17 bits per heavy atom. The summed E-state index contributed by atoms with van der Waals surface area (Å²) in [6.45, 7) is 6.77. The largest absolute Gasteiger partial charge is 0.379 e. The number of rotatable bonds is 5. The van der Waals surface area contributed by atoms with Gasteiger partial charge < -0.3 is 10.1 Å². The Labute approximate surface area is 175 Å². The third-order valence-electron chi connectivity index (χ3n) is 5.24. The highest BCUT2D eigenvalue weighted by Crippen LogP contribution is 2.27. The molecule has 0 bridgehead atoms. The van der Waals surface area contributed by atoms with Crippen molar-refractivity contribution in [3.8, 4) is 11.3 Å². The highest BCUT2D eigenvalue weighted by atomic mass is 35.5. The number of pyridine rings is 1. The summed E-state index contributed by atoms with van der Waals surface area (Å²) in [5, 5.41) is 4.62. The number of ether oxygens (including phenoxy) is 1. The van der Waals surface area contributed by atoms with E-state index in [4.69, 9.17) is 21.3 Å². The number of fused-ring (bicyclic) bond motifs is 1. The predicted octanol–water partition coefficient (Wildman–Crippen LogP) is 3.93. The molecule has 2 aromatic carbocycles. The summed E-state index contributed by atoms with van der Waals surface area (Å²) >= 11 is 6.03. The van der Waals surface area contributed by atoms with Gasteiger partial charge in [-0.1, -0.05) is 41.9 Å². The van der Waals surface area contributed by atoms with E-state index in [1.165, 1.54) is 0 Å². The van der Waals surface area contributed by atoms with Gasteiger partial charge in [-0.05, 0) is 30.7 Å². The number of morpholine rings is 1. The van der Waals surface area contributed by atoms with Crippen LogP contribution in [0.15, 0.2) is 48.5 Å². The van der Waals surface area contributed by atoms with Crippen molar-refractivity contribution in [2.24, 2.45) is 0 Å². The highest BCUT2D eigenvalue weighted by molar-refractivity contribution is 6.30. The monoisotopic (exact) mass is 409 g/mol. The molecule has 1 saturated heterocycles. The van der Waals surface area contributed by atoms with Crippen LogP contribution in [-0.4, -0.2) is 55.2 Å². The number of halogens is 1. The molecule has 6 heteroatoms. The first-order valence-corrected chi connectivity index (χ1v) is 10.2. The maximum atomic E-state index is 13.0. The molecular formula is C23H24ClN3O2. The van der Waals surface area contributed by atoms with Gasteiger partial charge in [-0.3, -0.25) is 9.69 Å². The summed E-state index contributed by atoms with van der Waals surface area (Å²) in [6, 6.07) is 15.3. The maximum Gasteiger partial charge on any atom is 0.252 e. The van der Waals surface area contributed by atoms with Gasteiger partial charge in [0, 0.05) is 42.2 Å². The summed E-state index contributed by atoms with van der Waals surface area (Å²) < 4.78 is 5.37. The SMILES string of the molecule is Cc1cccc2c(C(=O)NCCN3CCOCC3)cc(-c3ccc(Cl)cc3)nc12. The third kappa shape index (κ3) is 4.58. The third-order valence-corrected chi connectivity index (χ3v) is 5.50. The molecule has 1 aliphatic heterocycles. The van der Waals surface area contributed by atoms with Crippen molar-refractivity contribution < 1.29 is 9.53 Å². The van der Waals surface area contributed by atoms with Crippen LogP contribution in [0.4, 0.5) is 0 Å². The normalized spacial score (nSPS) is 14.8. The second-order valence-corrected chi connectivity index (χ2v) is 7.68. The topological polar surface area (TPSA) is 54.5 Å². The van der Waals surface area contributed by atoms with Crippen LogP contribution in [0.25, 0.3) is 22.2 Å². The Balaban J connectivity index is 1.62. The first kappa shape index (κ1) is 19.8. The lowest BCUT2D eigenvalue weighted by atomic mass is 10.0. The van der Waals surface area contributed by atoms with Crippen LogP contribution in [0.2, 0.25) is 5.02 Å². The minimum atomic E-state index is -0.0773. The van der Waals surface area contributed by atoms with Gasteiger partial charge in [0.25, 0.3) is 5.91 Å². The summed E-state index contributed by atoms with van der Waals surface area (Å²) in [6.07, 6.45) is 0. The van der Waals surface area contributed by atoms with Crippen molar-refractivity contribution in [1.82, 2.24) is 15.2 Å². The molecule has 4 rings (SSSR count). The first-order chi connectivity index (χ1) is 14.1. The minimum absolute atomic E-state index is 0.0773. The number of benzene rings is 2. The van der Waals surface area contributed by atoms with Crippen LogP contribution in [0.3, 0.4) is 0 Å². The van der Waals surface area contributed by atoms with E-state index in [0.717, 1.165) is 60.6 Å². The van der Waals surface area contributed by atoms with Crippen molar-refractivity contribution in [3.05, 3.63) is 64.7 Å². The fraction of sp³-hybridized carbons (Fsp3) is 0.304. The summed E-state index contributed by atoms with van der Waals surface area (Å²) in [5.74, 6) is -0.0773. The van der Waals surface area contributed by atoms with Crippen LogP contribution >= 0.6 is 11.6 Å². The molecule has 1 N–H and O–H groups in total. The van der Waals surface area contributed by atoms with Gasteiger partial charge in [-0.2, -0.15) is 0 Å². The lowest BCUT2D eigenvalue weighted by Gasteiger charge is -2.26. The Kier molecular flexibility index (Phi) is 6.09. The number of nitrogens with zero attached hydrogens (tertiary/aromatic N) is 2. The van der Waals surface area contributed by atoms with E-state index in [2.05, 4.69) is 10.2 Å². The van der Waals surface area contributed by atoms with Gasteiger partial charge >= 0.3 is 0 Å². The number of nitrogens with one attached hydrogen (secondary N) is 1. The number of amides is 1. The first-order valence-electron chi connectivity index (χ1n) is 9.86. The summed E-state index contributed by atoms with van der Waals surface area (Å²) in [4.78, 5) is 20.2. The van der Waals surface area contributed by atoms with Crippen molar-refractivity contribution in [3.63, 3.8) is 0 Å². The van der Waals surface area contributed by atoms with E-state index in [1.807, 2.05) is 55.5 Å². The second-order valence-electron chi connectivity index (χ2n) is 7.24. The summed E-state index contributed by atoms with van der Waals surface area (Å²) in [7, 11) is 0. The van der Waals surface area contributed by atoms with Crippen molar-refractivity contribution >= 4 is 28.4 Å². The van der Waals surface area contributed by atoms with Gasteiger partial charge in [0.2, 0.25) is 0 Å². The van der Waals surface area contributed by atoms with Crippen molar-refractivity contribution in [2.75, 3.05) is 39.4 Å². The number of carbonyl (C=O) groups excluding carboxylic acids is 1. The molecular weight excluding hydrogens is 386 g/mol. The molecule has 150 valence electrons. The Hall–Kier alpha value is -2.47. The molecule has 1 fully saturated rings. The molecule has 1 aliphatic rings.